The monoisotopic (exact) mass is 249 g/mol. The van der Waals surface area contributed by atoms with Crippen LogP contribution in [-0.4, -0.2) is 19.1 Å². The molecule has 0 bridgehead atoms. The van der Waals surface area contributed by atoms with Crippen LogP contribution in [0.15, 0.2) is 12.1 Å². The van der Waals surface area contributed by atoms with Crippen LogP contribution in [-0.2, 0) is 9.53 Å². The first-order chi connectivity index (χ1) is 7.54. The number of amides is 1. The molecule has 16 heavy (non-hydrogen) atoms. The van der Waals surface area contributed by atoms with E-state index >= 15 is 0 Å². The molecule has 1 aromatic rings. The number of hydrogen-bond donors (Lipinski definition) is 1. The predicted octanol–water partition coefficient (Wildman–Crippen LogP) is 2.59. The first-order valence-electron chi connectivity index (χ1n) is 4.56. The summed E-state index contributed by atoms with van der Waals surface area (Å²) in [6.45, 7) is 1.88. The number of carbonyl (C=O) groups excluding carboxylic acids is 1. The van der Waals surface area contributed by atoms with Gasteiger partial charge in [0.25, 0.3) is 0 Å². The standard InChI is InChI=1S/C10H10ClF2NO2/c1-2-16-5-9(15)14-10-7(11)3-6(12)4-8(10)13/h3-4H,2,5H2,1H3,(H,14,15). The third-order valence-electron chi connectivity index (χ3n) is 1.71. The second kappa shape index (κ2) is 5.77. The molecule has 0 fully saturated rings. The molecular formula is C10H10ClF2NO2. The Morgan fingerprint density at radius 1 is 1.50 bits per heavy atom. The summed E-state index contributed by atoms with van der Waals surface area (Å²) in [6.07, 6.45) is 0. The Hall–Kier alpha value is -1.20. The van der Waals surface area contributed by atoms with Crippen LogP contribution in [0.4, 0.5) is 14.5 Å². The van der Waals surface area contributed by atoms with Crippen molar-refractivity contribution in [1.29, 1.82) is 0 Å². The molecule has 0 atom stereocenters. The van der Waals surface area contributed by atoms with E-state index in [2.05, 4.69) is 5.32 Å². The molecular weight excluding hydrogens is 240 g/mol. The molecule has 0 aliphatic carbocycles. The highest BCUT2D eigenvalue weighted by molar-refractivity contribution is 6.33. The summed E-state index contributed by atoms with van der Waals surface area (Å²) < 4.78 is 30.7. The Kier molecular flexibility index (Phi) is 4.64. The zero-order valence-corrected chi connectivity index (χ0v) is 9.28. The fraction of sp³-hybridized carbons (Fsp3) is 0.300. The van der Waals surface area contributed by atoms with Crippen LogP contribution in [0, 0.1) is 11.6 Å². The number of nitrogens with one attached hydrogen (secondary N) is 1. The van der Waals surface area contributed by atoms with Crippen molar-refractivity contribution in [2.45, 2.75) is 6.92 Å². The fourth-order valence-corrected chi connectivity index (χ4v) is 1.27. The third-order valence-corrected chi connectivity index (χ3v) is 2.01. The molecule has 3 nitrogen and oxygen atoms in total. The van der Waals surface area contributed by atoms with Crippen LogP contribution in [0.25, 0.3) is 0 Å². The number of anilines is 1. The van der Waals surface area contributed by atoms with Crippen LogP contribution < -0.4 is 5.32 Å². The number of halogens is 3. The fourth-order valence-electron chi connectivity index (χ4n) is 1.03. The Balaban J connectivity index is 2.77. The molecule has 1 rings (SSSR count). The highest BCUT2D eigenvalue weighted by atomic mass is 35.5. The van der Waals surface area contributed by atoms with Gasteiger partial charge < -0.3 is 10.1 Å². The zero-order valence-electron chi connectivity index (χ0n) is 8.52. The van der Waals surface area contributed by atoms with E-state index in [9.17, 15) is 13.6 Å². The van der Waals surface area contributed by atoms with Gasteiger partial charge in [0.15, 0.2) is 5.82 Å². The molecule has 0 aliphatic rings. The lowest BCUT2D eigenvalue weighted by Gasteiger charge is -2.08. The van der Waals surface area contributed by atoms with Gasteiger partial charge in [-0.3, -0.25) is 4.79 Å². The Labute approximate surface area is 96.4 Å². The smallest absolute Gasteiger partial charge is 0.250 e. The van der Waals surface area contributed by atoms with Crippen molar-refractivity contribution in [3.63, 3.8) is 0 Å². The quantitative estimate of drug-likeness (QED) is 0.891. The number of rotatable bonds is 4. The minimum absolute atomic E-state index is 0.192. The van der Waals surface area contributed by atoms with Crippen molar-refractivity contribution in [2.75, 3.05) is 18.5 Å². The van der Waals surface area contributed by atoms with Gasteiger partial charge in [0.05, 0.1) is 10.7 Å². The van der Waals surface area contributed by atoms with E-state index in [0.717, 1.165) is 6.07 Å². The van der Waals surface area contributed by atoms with Gasteiger partial charge in [-0.15, -0.1) is 0 Å². The van der Waals surface area contributed by atoms with E-state index in [-0.39, 0.29) is 17.3 Å². The molecule has 1 N–H and O–H groups in total. The van der Waals surface area contributed by atoms with Gasteiger partial charge in [-0.25, -0.2) is 8.78 Å². The van der Waals surface area contributed by atoms with Crippen molar-refractivity contribution in [1.82, 2.24) is 0 Å². The highest BCUT2D eigenvalue weighted by Crippen LogP contribution is 2.26. The number of hydrogen-bond acceptors (Lipinski definition) is 2. The Bertz CT molecular complexity index is 375. The van der Waals surface area contributed by atoms with E-state index in [1.807, 2.05) is 0 Å². The largest absolute Gasteiger partial charge is 0.372 e. The lowest BCUT2D eigenvalue weighted by Crippen LogP contribution is -2.19. The number of benzene rings is 1. The molecule has 1 aromatic carbocycles. The number of carbonyl (C=O) groups is 1. The van der Waals surface area contributed by atoms with E-state index in [0.29, 0.717) is 12.7 Å². The maximum atomic E-state index is 13.2. The molecule has 0 saturated carbocycles. The highest BCUT2D eigenvalue weighted by Gasteiger charge is 2.12. The van der Waals surface area contributed by atoms with Gasteiger partial charge >= 0.3 is 0 Å². The molecule has 0 saturated heterocycles. The van der Waals surface area contributed by atoms with Gasteiger partial charge in [0, 0.05) is 12.7 Å². The van der Waals surface area contributed by atoms with Crippen molar-refractivity contribution in [3.8, 4) is 0 Å². The minimum Gasteiger partial charge on any atom is -0.372 e. The summed E-state index contributed by atoms with van der Waals surface area (Å²) in [5, 5.41) is 2.01. The summed E-state index contributed by atoms with van der Waals surface area (Å²) in [6, 6.07) is 1.56. The second-order valence-electron chi connectivity index (χ2n) is 2.93. The maximum Gasteiger partial charge on any atom is 0.250 e. The number of ether oxygens (including phenoxy) is 1. The molecule has 88 valence electrons. The third kappa shape index (κ3) is 3.43. The molecule has 1 amide bonds. The van der Waals surface area contributed by atoms with Crippen molar-refractivity contribution < 1.29 is 18.3 Å². The van der Waals surface area contributed by atoms with Crippen molar-refractivity contribution in [3.05, 3.63) is 28.8 Å². The molecule has 0 aliphatic heterocycles. The molecule has 0 aromatic heterocycles. The minimum atomic E-state index is -0.921. The lowest BCUT2D eigenvalue weighted by molar-refractivity contribution is -0.120. The Morgan fingerprint density at radius 2 is 2.19 bits per heavy atom. The van der Waals surface area contributed by atoms with Crippen LogP contribution in [0.2, 0.25) is 5.02 Å². The first kappa shape index (κ1) is 12.9. The van der Waals surface area contributed by atoms with Gasteiger partial charge in [0.2, 0.25) is 5.91 Å². The maximum absolute atomic E-state index is 13.2. The van der Waals surface area contributed by atoms with Crippen molar-refractivity contribution in [2.24, 2.45) is 0 Å². The summed E-state index contributed by atoms with van der Waals surface area (Å²) in [7, 11) is 0. The van der Waals surface area contributed by atoms with Crippen LogP contribution in [0.5, 0.6) is 0 Å². The second-order valence-corrected chi connectivity index (χ2v) is 3.34. The zero-order chi connectivity index (χ0) is 12.1. The van der Waals surface area contributed by atoms with Gasteiger partial charge in [0.1, 0.15) is 12.4 Å². The van der Waals surface area contributed by atoms with Gasteiger partial charge in [-0.2, -0.15) is 0 Å². The lowest BCUT2D eigenvalue weighted by atomic mass is 10.3. The van der Waals surface area contributed by atoms with Crippen molar-refractivity contribution >= 4 is 23.2 Å². The Morgan fingerprint density at radius 3 is 2.75 bits per heavy atom. The molecule has 0 heterocycles. The van der Waals surface area contributed by atoms with Gasteiger partial charge in [-0.05, 0) is 13.0 Å². The van der Waals surface area contributed by atoms with E-state index in [4.69, 9.17) is 16.3 Å². The average molecular weight is 250 g/mol. The summed E-state index contributed by atoms with van der Waals surface area (Å²) in [4.78, 5) is 11.2. The summed E-state index contributed by atoms with van der Waals surface area (Å²) in [5.41, 5.74) is -0.243. The molecule has 0 radical (unpaired) electrons. The van der Waals surface area contributed by atoms with E-state index in [1.54, 1.807) is 6.92 Å². The SMILES string of the molecule is CCOCC(=O)Nc1c(F)cc(F)cc1Cl. The molecule has 0 spiro atoms. The summed E-state index contributed by atoms with van der Waals surface area (Å²) in [5.74, 6) is -2.27. The van der Waals surface area contributed by atoms with Crippen LogP contribution in [0.1, 0.15) is 6.92 Å². The van der Waals surface area contributed by atoms with E-state index < -0.39 is 17.5 Å². The van der Waals surface area contributed by atoms with E-state index in [1.165, 1.54) is 0 Å². The molecule has 6 heteroatoms. The van der Waals surface area contributed by atoms with Gasteiger partial charge in [-0.1, -0.05) is 11.6 Å². The molecule has 0 unspecified atom stereocenters. The van der Waals surface area contributed by atoms with Crippen LogP contribution >= 0.6 is 11.6 Å². The van der Waals surface area contributed by atoms with Crippen LogP contribution in [0.3, 0.4) is 0 Å². The average Bonchev–Trinajstić information content (AvgIpc) is 2.20. The topological polar surface area (TPSA) is 38.3 Å². The summed E-state index contributed by atoms with van der Waals surface area (Å²) >= 11 is 5.58. The first-order valence-corrected chi connectivity index (χ1v) is 4.94. The normalized spacial score (nSPS) is 10.2. The predicted molar refractivity (Wildman–Crippen MR) is 56.5 cm³/mol.